The molecule has 0 aliphatic carbocycles. The molecule has 0 spiro atoms. The van der Waals surface area contributed by atoms with Crippen molar-refractivity contribution < 1.29 is 73.8 Å². The lowest BCUT2D eigenvalue weighted by molar-refractivity contribution is -0.192. The highest BCUT2D eigenvalue weighted by molar-refractivity contribution is 6.02. The van der Waals surface area contributed by atoms with Crippen LogP contribution in [0.3, 0.4) is 0 Å². The Morgan fingerprint density at radius 1 is 0.551 bits per heavy atom. The van der Waals surface area contributed by atoms with Gasteiger partial charge >= 0.3 is 18.1 Å². The molecule has 35 heteroatoms. The number of anilines is 6. The van der Waals surface area contributed by atoms with Gasteiger partial charge in [-0.1, -0.05) is 6.92 Å². The van der Waals surface area contributed by atoms with Crippen LogP contribution < -0.4 is 43.2 Å². The molecular formula is C63H89N19O16. The van der Waals surface area contributed by atoms with Crippen molar-refractivity contribution in [3.63, 3.8) is 0 Å². The summed E-state index contributed by atoms with van der Waals surface area (Å²) in [6.07, 6.45) is -1.81. The van der Waals surface area contributed by atoms with E-state index in [0.29, 0.717) is 139 Å². The Kier molecular flexibility index (Phi) is 32.0. The number of aromatic amines is 1. The molecule has 532 valence electrons. The van der Waals surface area contributed by atoms with Crippen LogP contribution in [0.4, 0.5) is 34.4 Å². The number of carbonyl (C=O) groups excluding carboxylic acids is 7. The van der Waals surface area contributed by atoms with Gasteiger partial charge < -0.3 is 78.1 Å². The maximum Gasteiger partial charge on any atom is 0.373 e. The first-order valence-electron chi connectivity index (χ1n) is 31.9. The van der Waals surface area contributed by atoms with Gasteiger partial charge in [0.2, 0.25) is 29.6 Å². The number of nitrogens with two attached hydrogens (primary N) is 1. The molecule has 1 unspecified atom stereocenters. The molecule has 2 fully saturated rings. The second-order valence-electron chi connectivity index (χ2n) is 23.5. The first-order valence-corrected chi connectivity index (χ1v) is 31.9. The van der Waals surface area contributed by atoms with Crippen LogP contribution in [0.2, 0.25) is 0 Å². The number of hydrogen-bond donors (Lipinski definition) is 14. The summed E-state index contributed by atoms with van der Waals surface area (Å²) >= 11 is 0. The van der Waals surface area contributed by atoms with E-state index < -0.39 is 53.8 Å². The SMILES string of the molecule is CCN1CCN(CC(=O)O)CCN(CC(=O)Nc2ccc(NC(=O)CCC(NC(=O)c3ccc(NCc4cnc5nc(N)[nH]c(=O)c5n4)cc3)C(=O)Nc3ccc(NC(=O)CN4CCN(CC(=O)O)CCN(C)CCN(CC(O)O)CC4)cc3)cc2)CCN(CC(O)O)CC1.O=C=O. The first kappa shape index (κ1) is 77.7. The largest absolute Gasteiger partial charge is 0.480 e. The average Bonchev–Trinajstić information content (AvgIpc) is 0.820. The highest BCUT2D eigenvalue weighted by Crippen LogP contribution is 2.19. The van der Waals surface area contributed by atoms with Crippen molar-refractivity contribution in [1.29, 1.82) is 0 Å². The van der Waals surface area contributed by atoms with Crippen LogP contribution in [0.5, 0.6) is 0 Å². The van der Waals surface area contributed by atoms with Crippen LogP contribution in [-0.2, 0) is 44.9 Å². The summed E-state index contributed by atoms with van der Waals surface area (Å²) in [5.41, 5.74) is 7.86. The van der Waals surface area contributed by atoms with Gasteiger partial charge in [0.1, 0.15) is 6.04 Å². The topological polar surface area (TPSA) is 471 Å². The van der Waals surface area contributed by atoms with Crippen molar-refractivity contribution in [1.82, 2.24) is 64.5 Å². The zero-order valence-corrected chi connectivity index (χ0v) is 54.9. The average molecular weight is 1370 g/mol. The van der Waals surface area contributed by atoms with Gasteiger partial charge in [0.05, 0.1) is 44.6 Å². The van der Waals surface area contributed by atoms with Gasteiger partial charge in [-0.2, -0.15) is 14.6 Å². The standard InChI is InChI=1S/C62H89N19O14.CO2/c1-3-75-22-24-80(40-55(89)90)32-28-77(29-33-81(25-23-75)41-56(91)92)37-51(83)67-45-10-8-44(9-11-45)66-50(82)17-16-49(71-59(93)42-4-6-43(7-5-42)64-34-48-35-65-58-57(69-48)61(95)73-62(63)72-58)60(94)70-47-14-12-46(13-15-47)68-52(84)36-76-26-30-78(38-53(85)86)20-18-74(2)19-21-79(31-27-76)39-54(87)88;2-1-3/h4-15,35,49,53,55,64,85-86,89-90H,3,16-34,36-41H2,1-2H3,(H,66,82)(H,67,83)(H,68,84)(H,70,94)(H,71,93)(H,87,88)(H,91,92)(H3,63,65,72,73,95);. The number of rotatable bonds is 26. The van der Waals surface area contributed by atoms with Gasteiger partial charge in [-0.25, -0.2) is 9.97 Å². The molecule has 2 aromatic heterocycles. The number of aromatic nitrogens is 4. The number of aliphatic hydroxyl groups is 4. The number of H-pyrrole nitrogens is 1. The highest BCUT2D eigenvalue weighted by Gasteiger charge is 2.26. The van der Waals surface area contributed by atoms with Crippen LogP contribution in [0.1, 0.15) is 35.8 Å². The van der Waals surface area contributed by atoms with Crippen LogP contribution in [-0.4, -0.2) is 314 Å². The second-order valence-corrected chi connectivity index (χ2v) is 23.5. The van der Waals surface area contributed by atoms with E-state index in [1.807, 2.05) is 43.4 Å². The number of aliphatic hydroxyl groups excluding tert-OH is 2. The number of nitrogen functional groups attached to an aromatic ring is 1. The minimum absolute atomic E-state index is 0.0106. The number of benzene rings is 3. The number of nitrogens with zero attached hydrogens (tertiary/aromatic N) is 11. The van der Waals surface area contributed by atoms with Crippen molar-refractivity contribution in [2.75, 3.05) is 190 Å². The maximum atomic E-state index is 14.2. The third-order valence-electron chi connectivity index (χ3n) is 16.0. The normalized spacial score (nSPS) is 16.3. The molecule has 5 amide bonds. The van der Waals surface area contributed by atoms with E-state index in [1.54, 1.807) is 60.7 Å². The molecule has 4 heterocycles. The summed E-state index contributed by atoms with van der Waals surface area (Å²) in [5, 5.41) is 75.6. The van der Waals surface area contributed by atoms with Crippen molar-refractivity contribution >= 4 is 93.2 Å². The Morgan fingerprint density at radius 3 is 1.40 bits per heavy atom. The summed E-state index contributed by atoms with van der Waals surface area (Å²) in [6, 6.07) is 17.7. The summed E-state index contributed by atoms with van der Waals surface area (Å²) < 4.78 is 0. The molecule has 15 N–H and O–H groups in total. The van der Waals surface area contributed by atoms with Gasteiger partial charge in [-0.05, 0) is 92.8 Å². The summed E-state index contributed by atoms with van der Waals surface area (Å²) in [4.78, 5) is 151. The van der Waals surface area contributed by atoms with E-state index in [4.69, 9.17) is 15.3 Å². The Hall–Kier alpha value is -9.33. The van der Waals surface area contributed by atoms with E-state index in [9.17, 15) is 69.0 Å². The minimum Gasteiger partial charge on any atom is -0.480 e. The maximum absolute atomic E-state index is 14.2. The zero-order valence-electron chi connectivity index (χ0n) is 54.9. The predicted molar refractivity (Wildman–Crippen MR) is 359 cm³/mol. The van der Waals surface area contributed by atoms with Crippen molar-refractivity contribution in [2.45, 2.75) is 44.9 Å². The summed E-state index contributed by atoms with van der Waals surface area (Å²) in [7, 11) is 1.92. The molecule has 2 aliphatic heterocycles. The Balaban J connectivity index is 0.00000496. The fourth-order valence-electron chi connectivity index (χ4n) is 10.7. The lowest BCUT2D eigenvalue weighted by atomic mass is 10.1. The van der Waals surface area contributed by atoms with Crippen molar-refractivity contribution in [3.8, 4) is 0 Å². The van der Waals surface area contributed by atoms with E-state index >= 15 is 0 Å². The monoisotopic (exact) mass is 1370 g/mol. The molecule has 0 radical (unpaired) electrons. The highest BCUT2D eigenvalue weighted by atomic mass is 16.5. The quantitative estimate of drug-likeness (QED) is 0.0249. The Bertz CT molecular complexity index is 3490. The number of aliphatic carboxylic acids is 2. The Morgan fingerprint density at radius 2 is 0.949 bits per heavy atom. The molecule has 0 bridgehead atoms. The molecule has 2 aliphatic rings. The lowest BCUT2D eigenvalue weighted by Crippen LogP contribution is -2.49. The van der Waals surface area contributed by atoms with Crippen LogP contribution in [0, 0.1) is 0 Å². The molecule has 3 aromatic carbocycles. The predicted octanol–water partition coefficient (Wildman–Crippen LogP) is -2.76. The second kappa shape index (κ2) is 40.4. The minimum atomic E-state index is -1.56. The number of amides is 5. The van der Waals surface area contributed by atoms with Gasteiger partial charge in [-0.15, -0.1) is 0 Å². The number of nitrogens with one attached hydrogen (secondary N) is 7. The molecule has 98 heavy (non-hydrogen) atoms. The van der Waals surface area contributed by atoms with Crippen molar-refractivity contribution in [3.05, 3.63) is 101 Å². The number of carbonyl (C=O) groups is 7. The number of likely N-dealkylation sites (N-methyl/N-ethyl adjacent to an activating group) is 2. The summed E-state index contributed by atoms with van der Waals surface area (Å²) in [6.45, 7) is 10.0. The van der Waals surface area contributed by atoms with Crippen LogP contribution in [0.25, 0.3) is 11.2 Å². The number of hydrogen-bond acceptors (Lipinski definition) is 27. The molecule has 7 rings (SSSR count). The molecule has 2 saturated heterocycles. The fraction of sp³-hybridized carbons (Fsp3) is 0.492. The van der Waals surface area contributed by atoms with Crippen LogP contribution >= 0.6 is 0 Å². The third-order valence-corrected chi connectivity index (χ3v) is 16.0. The third kappa shape index (κ3) is 28.4. The molecular weight excluding hydrogens is 1280 g/mol. The Labute approximate surface area is 564 Å². The smallest absolute Gasteiger partial charge is 0.373 e. The van der Waals surface area contributed by atoms with Gasteiger partial charge in [0.25, 0.3) is 11.5 Å². The number of carboxylic acid groups (broad SMARTS) is 2. The van der Waals surface area contributed by atoms with E-state index in [1.165, 1.54) is 18.3 Å². The fourth-order valence-corrected chi connectivity index (χ4v) is 10.7. The van der Waals surface area contributed by atoms with E-state index in [2.05, 4.69) is 61.6 Å². The number of β-amino-alcohol motifs (C(OH)–C–C–N with tert-alkyl or cyclic N) is 4. The first-order chi connectivity index (χ1) is 46.9. The molecule has 5 aromatic rings. The van der Waals surface area contributed by atoms with E-state index in [-0.39, 0.29) is 99.3 Å². The van der Waals surface area contributed by atoms with Crippen molar-refractivity contribution in [2.24, 2.45) is 0 Å². The van der Waals surface area contributed by atoms with E-state index in [0.717, 1.165) is 6.54 Å². The number of carboxylic acids is 2. The van der Waals surface area contributed by atoms with Gasteiger partial charge in [0.15, 0.2) is 23.7 Å². The van der Waals surface area contributed by atoms with Gasteiger partial charge in [-0.3, -0.25) is 72.7 Å². The zero-order chi connectivity index (χ0) is 71.1. The summed E-state index contributed by atoms with van der Waals surface area (Å²) in [5.74, 6) is -4.54. The van der Waals surface area contributed by atoms with Gasteiger partial charge in [0, 0.05) is 158 Å². The number of fused-ring (bicyclic) bond motifs is 1. The van der Waals surface area contributed by atoms with Crippen LogP contribution in [0.15, 0.2) is 83.8 Å². The molecule has 1 atom stereocenters. The molecule has 35 nitrogen and oxygen atoms in total. The lowest BCUT2D eigenvalue weighted by Gasteiger charge is -2.33. The molecule has 0 saturated carbocycles.